The van der Waals surface area contributed by atoms with Crippen molar-refractivity contribution in [3.63, 3.8) is 0 Å². The number of anilines is 1. The van der Waals surface area contributed by atoms with Crippen LogP contribution in [0.5, 0.6) is 0 Å². The number of nitrogens with one attached hydrogen (secondary N) is 2. The van der Waals surface area contributed by atoms with Gasteiger partial charge in [-0.25, -0.2) is 9.78 Å². The van der Waals surface area contributed by atoms with E-state index in [2.05, 4.69) is 22.5 Å². The van der Waals surface area contributed by atoms with E-state index in [0.29, 0.717) is 49.4 Å². The highest BCUT2D eigenvalue weighted by Crippen LogP contribution is 2.29. The minimum atomic E-state index is -0.0286. The number of rotatable bonds is 6. The first-order valence-electron chi connectivity index (χ1n) is 15.4. The fourth-order valence-electron chi connectivity index (χ4n) is 6.82. The summed E-state index contributed by atoms with van der Waals surface area (Å²) in [6, 6.07) is 10.2. The highest BCUT2D eigenvalue weighted by Gasteiger charge is 2.30. The number of hydrogen-bond donors (Lipinski definition) is 2. The summed E-state index contributed by atoms with van der Waals surface area (Å²) < 4.78 is 7.48. The van der Waals surface area contributed by atoms with E-state index in [1.54, 1.807) is 0 Å². The van der Waals surface area contributed by atoms with Crippen LogP contribution in [0.3, 0.4) is 0 Å². The van der Waals surface area contributed by atoms with Crippen LogP contribution in [0.1, 0.15) is 69.9 Å². The molecule has 1 saturated carbocycles. The molecule has 0 radical (unpaired) electrons. The average molecular weight is 559 g/mol. The van der Waals surface area contributed by atoms with E-state index in [9.17, 15) is 9.59 Å². The molecule has 41 heavy (non-hydrogen) atoms. The number of benzene rings is 1. The number of carbonyl (C=O) groups excluding carboxylic acids is 1. The van der Waals surface area contributed by atoms with Crippen molar-refractivity contribution < 1.29 is 9.53 Å². The van der Waals surface area contributed by atoms with Crippen LogP contribution in [0.25, 0.3) is 22.2 Å². The number of ether oxygens (including phenoxy) is 1. The highest BCUT2D eigenvalue weighted by molar-refractivity contribution is 5.82. The second-order valence-electron chi connectivity index (χ2n) is 12.1. The van der Waals surface area contributed by atoms with Gasteiger partial charge < -0.3 is 20.3 Å². The lowest BCUT2D eigenvalue weighted by molar-refractivity contribution is 0.0697. The molecule has 2 atom stereocenters. The zero-order chi connectivity index (χ0) is 28.3. The predicted molar refractivity (Wildman–Crippen MR) is 161 cm³/mol. The molecule has 0 unspecified atom stereocenters. The molecule has 1 aromatic carbocycles. The van der Waals surface area contributed by atoms with Crippen molar-refractivity contribution in [3.8, 4) is 11.1 Å². The largest absolute Gasteiger partial charge is 0.381 e. The number of urea groups is 1. The lowest BCUT2D eigenvalue weighted by Gasteiger charge is -2.30. The summed E-state index contributed by atoms with van der Waals surface area (Å²) in [6.45, 7) is 6.73. The standard InChI is InChI=1S/C32H42N6O3/c1-21-8-6-7-11-27(21)28-18-24-19-33-31(36-29(24)38(30(28)39)26-13-16-41-17-14-26)35-25-12-15-37(20-25)32(40)34-22(2)23-9-4-3-5-10-23/h6-8,11,18-19,22-23,25-26H,3-5,9-10,12-17,20H2,1-2H3,(H,34,40)(H,33,35,36)/t22-,25+/m1/s1. The Morgan fingerprint density at radius 3 is 2.61 bits per heavy atom. The quantitative estimate of drug-likeness (QED) is 0.427. The first-order valence-corrected chi connectivity index (χ1v) is 15.4. The van der Waals surface area contributed by atoms with E-state index in [-0.39, 0.29) is 29.7 Å². The molecule has 2 N–H and O–H groups in total. The third-order valence-corrected chi connectivity index (χ3v) is 9.28. The molecule has 0 bridgehead atoms. The fraction of sp³-hybridized carbons (Fsp3) is 0.562. The molecular formula is C32H42N6O3. The van der Waals surface area contributed by atoms with Gasteiger partial charge in [0.2, 0.25) is 5.95 Å². The number of amides is 2. The Labute approximate surface area is 241 Å². The van der Waals surface area contributed by atoms with Crippen LogP contribution in [0.4, 0.5) is 10.7 Å². The van der Waals surface area contributed by atoms with Gasteiger partial charge in [0.1, 0.15) is 5.65 Å². The Balaban J connectivity index is 1.22. The van der Waals surface area contributed by atoms with Crippen molar-refractivity contribution >= 4 is 23.0 Å². The van der Waals surface area contributed by atoms with Gasteiger partial charge in [-0.15, -0.1) is 0 Å². The molecule has 2 aromatic heterocycles. The summed E-state index contributed by atoms with van der Waals surface area (Å²) in [4.78, 5) is 38.4. The second kappa shape index (κ2) is 12.2. The van der Waals surface area contributed by atoms with Crippen molar-refractivity contribution in [1.29, 1.82) is 0 Å². The van der Waals surface area contributed by atoms with Crippen molar-refractivity contribution in [2.75, 3.05) is 31.6 Å². The lowest BCUT2D eigenvalue weighted by atomic mass is 9.84. The zero-order valence-corrected chi connectivity index (χ0v) is 24.3. The van der Waals surface area contributed by atoms with Crippen LogP contribution in [0, 0.1) is 12.8 Å². The van der Waals surface area contributed by atoms with E-state index in [4.69, 9.17) is 9.72 Å². The van der Waals surface area contributed by atoms with E-state index >= 15 is 0 Å². The number of aryl methyl sites for hydroxylation is 1. The monoisotopic (exact) mass is 558 g/mol. The molecular weight excluding hydrogens is 516 g/mol. The molecule has 0 spiro atoms. The van der Waals surface area contributed by atoms with Gasteiger partial charge in [-0.1, -0.05) is 43.5 Å². The smallest absolute Gasteiger partial charge is 0.317 e. The SMILES string of the molecule is Cc1ccccc1-c1cc2cnc(N[C@H]3CCN(C(=O)N[C@H](C)C4CCCCC4)C3)nc2n(C2CCOCC2)c1=O. The van der Waals surface area contributed by atoms with Crippen molar-refractivity contribution in [3.05, 3.63) is 52.4 Å². The summed E-state index contributed by atoms with van der Waals surface area (Å²) in [5.74, 6) is 1.07. The molecule has 2 saturated heterocycles. The van der Waals surface area contributed by atoms with Gasteiger partial charge in [0.15, 0.2) is 0 Å². The van der Waals surface area contributed by atoms with Crippen LogP contribution in [0.15, 0.2) is 41.3 Å². The topological polar surface area (TPSA) is 101 Å². The van der Waals surface area contributed by atoms with Gasteiger partial charge in [0.25, 0.3) is 5.56 Å². The van der Waals surface area contributed by atoms with E-state index in [0.717, 1.165) is 35.8 Å². The first kappa shape index (κ1) is 27.7. The molecule has 218 valence electrons. The van der Waals surface area contributed by atoms with E-state index < -0.39 is 0 Å². The molecule has 6 rings (SSSR count). The van der Waals surface area contributed by atoms with Gasteiger partial charge >= 0.3 is 6.03 Å². The molecule has 2 aliphatic heterocycles. The van der Waals surface area contributed by atoms with Gasteiger partial charge in [-0.2, -0.15) is 4.98 Å². The summed E-state index contributed by atoms with van der Waals surface area (Å²) in [5.41, 5.74) is 3.28. The fourth-order valence-corrected chi connectivity index (χ4v) is 6.82. The van der Waals surface area contributed by atoms with Gasteiger partial charge in [-0.05, 0) is 69.1 Å². The number of pyridine rings is 1. The average Bonchev–Trinajstić information content (AvgIpc) is 3.47. The number of carbonyl (C=O) groups is 1. The van der Waals surface area contributed by atoms with Gasteiger partial charge in [0, 0.05) is 61.6 Å². The van der Waals surface area contributed by atoms with Crippen LogP contribution >= 0.6 is 0 Å². The molecule has 9 heteroatoms. The molecule has 9 nitrogen and oxygen atoms in total. The minimum absolute atomic E-state index is 0.0160. The molecule has 1 aliphatic carbocycles. The van der Waals surface area contributed by atoms with Crippen LogP contribution in [-0.4, -0.2) is 63.9 Å². The number of hydrogen-bond acceptors (Lipinski definition) is 6. The van der Waals surface area contributed by atoms with E-state index in [1.165, 1.54) is 32.1 Å². The summed E-state index contributed by atoms with van der Waals surface area (Å²) in [7, 11) is 0. The summed E-state index contributed by atoms with van der Waals surface area (Å²) in [6.07, 6.45) is 10.4. The lowest BCUT2D eigenvalue weighted by Crippen LogP contribution is -2.46. The number of nitrogens with zero attached hydrogens (tertiary/aromatic N) is 4. The number of fused-ring (bicyclic) bond motifs is 1. The highest BCUT2D eigenvalue weighted by atomic mass is 16.5. The molecule has 2 amide bonds. The third kappa shape index (κ3) is 5.96. The maximum absolute atomic E-state index is 14.0. The van der Waals surface area contributed by atoms with Crippen LogP contribution in [-0.2, 0) is 4.74 Å². The van der Waals surface area contributed by atoms with Crippen LogP contribution < -0.4 is 16.2 Å². The third-order valence-electron chi connectivity index (χ3n) is 9.28. The maximum atomic E-state index is 14.0. The normalized spacial score (nSPS) is 21.2. The predicted octanol–water partition coefficient (Wildman–Crippen LogP) is 5.28. The van der Waals surface area contributed by atoms with Crippen molar-refractivity contribution in [2.24, 2.45) is 5.92 Å². The Hall–Kier alpha value is -3.46. The molecule has 3 fully saturated rings. The maximum Gasteiger partial charge on any atom is 0.317 e. The Morgan fingerprint density at radius 1 is 1.05 bits per heavy atom. The first-order chi connectivity index (χ1) is 20.0. The Kier molecular flexibility index (Phi) is 8.23. The van der Waals surface area contributed by atoms with Gasteiger partial charge in [-0.3, -0.25) is 9.36 Å². The van der Waals surface area contributed by atoms with Gasteiger partial charge in [0.05, 0.1) is 0 Å². The van der Waals surface area contributed by atoms with E-state index in [1.807, 2.05) is 52.9 Å². The van der Waals surface area contributed by atoms with Crippen molar-refractivity contribution in [1.82, 2.24) is 24.8 Å². The summed E-state index contributed by atoms with van der Waals surface area (Å²) in [5, 5.41) is 7.55. The summed E-state index contributed by atoms with van der Waals surface area (Å²) >= 11 is 0. The number of aromatic nitrogens is 3. The number of likely N-dealkylation sites (tertiary alicyclic amines) is 1. The zero-order valence-electron chi connectivity index (χ0n) is 24.3. The molecule has 3 aromatic rings. The molecule has 4 heterocycles. The Bertz CT molecular complexity index is 1440. The van der Waals surface area contributed by atoms with Crippen LogP contribution in [0.2, 0.25) is 0 Å². The second-order valence-corrected chi connectivity index (χ2v) is 12.1. The molecule has 3 aliphatic rings. The Morgan fingerprint density at radius 2 is 1.83 bits per heavy atom. The van der Waals surface area contributed by atoms with Crippen molar-refractivity contribution in [2.45, 2.75) is 83.3 Å². The minimum Gasteiger partial charge on any atom is -0.381 e.